The van der Waals surface area contributed by atoms with E-state index in [0.29, 0.717) is 16.3 Å². The number of pyridine rings is 1. The molecule has 0 saturated carbocycles. The van der Waals surface area contributed by atoms with Crippen LogP contribution in [0.1, 0.15) is 5.56 Å². The van der Waals surface area contributed by atoms with Gasteiger partial charge in [-0.2, -0.15) is 13.9 Å². The molecule has 0 aliphatic heterocycles. The molecule has 0 spiro atoms. The summed E-state index contributed by atoms with van der Waals surface area (Å²) in [6, 6.07) is 12.9. The molecule has 2 heterocycles. The van der Waals surface area contributed by atoms with Crippen molar-refractivity contribution in [1.82, 2.24) is 14.8 Å². The van der Waals surface area contributed by atoms with Crippen molar-refractivity contribution in [3.8, 4) is 17.1 Å². The normalized spacial score (nSPS) is 10.9. The molecule has 0 amide bonds. The molecule has 8 heteroatoms. The van der Waals surface area contributed by atoms with Gasteiger partial charge in [-0.15, -0.1) is 0 Å². The van der Waals surface area contributed by atoms with Gasteiger partial charge >= 0.3 is 6.61 Å². The largest absolute Gasteiger partial charge is 0.417 e. The van der Waals surface area contributed by atoms with Gasteiger partial charge in [0.15, 0.2) is 0 Å². The Hall–Kier alpha value is -2.80. The van der Waals surface area contributed by atoms with Gasteiger partial charge in [0.2, 0.25) is 5.88 Å². The number of rotatable bonds is 5. The van der Waals surface area contributed by atoms with Crippen molar-refractivity contribution >= 4 is 11.6 Å². The molecule has 0 fully saturated rings. The van der Waals surface area contributed by atoms with E-state index in [0.717, 1.165) is 5.56 Å². The van der Waals surface area contributed by atoms with Gasteiger partial charge in [0, 0.05) is 28.9 Å². The van der Waals surface area contributed by atoms with Crippen molar-refractivity contribution in [3.05, 3.63) is 75.7 Å². The monoisotopic (exact) mass is 363 g/mol. The Kier molecular flexibility index (Phi) is 5.04. The average molecular weight is 364 g/mol. The molecule has 0 bridgehead atoms. The Balaban J connectivity index is 1.87. The third-order valence-corrected chi connectivity index (χ3v) is 3.57. The van der Waals surface area contributed by atoms with Crippen LogP contribution in [-0.2, 0) is 6.54 Å². The zero-order valence-electron chi connectivity index (χ0n) is 12.8. The van der Waals surface area contributed by atoms with E-state index in [1.807, 2.05) is 6.07 Å². The fraction of sp³-hybridized carbons (Fsp3) is 0.118. The van der Waals surface area contributed by atoms with Crippen LogP contribution >= 0.6 is 11.6 Å². The van der Waals surface area contributed by atoms with Gasteiger partial charge in [-0.3, -0.25) is 4.79 Å². The quantitative estimate of drug-likeness (QED) is 0.695. The molecule has 3 aromatic rings. The molecule has 5 nitrogen and oxygen atoms in total. The van der Waals surface area contributed by atoms with Gasteiger partial charge in [-0.05, 0) is 29.8 Å². The number of hydrogen-bond acceptors (Lipinski definition) is 4. The molecule has 3 rings (SSSR count). The Bertz CT molecular complexity index is 930. The molecule has 2 aromatic heterocycles. The lowest BCUT2D eigenvalue weighted by molar-refractivity contribution is -0.0528. The Morgan fingerprint density at radius 1 is 1.16 bits per heavy atom. The number of hydrogen-bond donors (Lipinski definition) is 0. The van der Waals surface area contributed by atoms with E-state index in [9.17, 15) is 13.6 Å². The minimum Gasteiger partial charge on any atom is -0.417 e. The molecule has 0 aliphatic carbocycles. The standard InChI is InChI=1S/C17H12ClF2N3O2/c18-13-3-1-2-11(8-13)10-23-16(24)7-5-14(22-23)12-4-6-15(21-9-12)25-17(19)20/h1-9,17H,10H2. The summed E-state index contributed by atoms with van der Waals surface area (Å²) in [7, 11) is 0. The lowest BCUT2D eigenvalue weighted by Gasteiger charge is -2.08. The van der Waals surface area contributed by atoms with Crippen LogP contribution in [-0.4, -0.2) is 21.4 Å². The van der Waals surface area contributed by atoms with Gasteiger partial charge < -0.3 is 4.74 Å². The van der Waals surface area contributed by atoms with Crippen LogP contribution in [0, 0.1) is 0 Å². The summed E-state index contributed by atoms with van der Waals surface area (Å²) in [5.41, 5.74) is 1.62. The highest BCUT2D eigenvalue weighted by Gasteiger charge is 2.08. The number of nitrogens with zero attached hydrogens (tertiary/aromatic N) is 3. The highest BCUT2D eigenvalue weighted by molar-refractivity contribution is 6.30. The van der Waals surface area contributed by atoms with Crippen molar-refractivity contribution in [1.29, 1.82) is 0 Å². The topological polar surface area (TPSA) is 57.0 Å². The van der Waals surface area contributed by atoms with Crippen molar-refractivity contribution in [2.45, 2.75) is 13.2 Å². The smallest absolute Gasteiger partial charge is 0.388 e. The van der Waals surface area contributed by atoms with E-state index in [2.05, 4.69) is 14.8 Å². The van der Waals surface area contributed by atoms with E-state index < -0.39 is 6.61 Å². The van der Waals surface area contributed by atoms with Crippen LogP contribution in [0.25, 0.3) is 11.3 Å². The number of aromatic nitrogens is 3. The Morgan fingerprint density at radius 3 is 2.68 bits per heavy atom. The van der Waals surface area contributed by atoms with Crippen LogP contribution in [0.2, 0.25) is 5.02 Å². The highest BCUT2D eigenvalue weighted by Crippen LogP contribution is 2.18. The summed E-state index contributed by atoms with van der Waals surface area (Å²) in [5, 5.41) is 4.86. The summed E-state index contributed by atoms with van der Waals surface area (Å²) in [6.07, 6.45) is 1.36. The lowest BCUT2D eigenvalue weighted by Crippen LogP contribution is -2.22. The molecule has 0 saturated heterocycles. The minimum atomic E-state index is -2.93. The summed E-state index contributed by atoms with van der Waals surface area (Å²) in [6.45, 7) is -2.68. The molecule has 0 radical (unpaired) electrons. The molecule has 0 atom stereocenters. The number of alkyl halides is 2. The number of benzene rings is 1. The van der Waals surface area contributed by atoms with E-state index in [-0.39, 0.29) is 18.0 Å². The van der Waals surface area contributed by atoms with Gasteiger partial charge in [-0.1, -0.05) is 23.7 Å². The van der Waals surface area contributed by atoms with Crippen molar-refractivity contribution in [2.24, 2.45) is 0 Å². The van der Waals surface area contributed by atoms with E-state index in [1.165, 1.54) is 23.0 Å². The van der Waals surface area contributed by atoms with E-state index >= 15 is 0 Å². The molecular formula is C17H12ClF2N3O2. The number of halogens is 3. The second-order valence-electron chi connectivity index (χ2n) is 5.11. The molecular weight excluding hydrogens is 352 g/mol. The zero-order valence-corrected chi connectivity index (χ0v) is 13.5. The fourth-order valence-corrected chi connectivity index (χ4v) is 2.43. The third-order valence-electron chi connectivity index (χ3n) is 3.33. The van der Waals surface area contributed by atoms with Crippen molar-refractivity contribution in [3.63, 3.8) is 0 Å². The highest BCUT2D eigenvalue weighted by atomic mass is 35.5. The van der Waals surface area contributed by atoms with E-state index in [1.54, 1.807) is 30.3 Å². The summed E-state index contributed by atoms with van der Waals surface area (Å²) in [5.74, 6) is -0.189. The van der Waals surface area contributed by atoms with Crippen molar-refractivity contribution in [2.75, 3.05) is 0 Å². The second kappa shape index (κ2) is 7.40. The first kappa shape index (κ1) is 17.0. The molecule has 25 heavy (non-hydrogen) atoms. The van der Waals surface area contributed by atoms with Gasteiger partial charge in [-0.25, -0.2) is 9.67 Å². The lowest BCUT2D eigenvalue weighted by atomic mass is 10.2. The zero-order chi connectivity index (χ0) is 17.8. The molecule has 0 aliphatic rings. The Morgan fingerprint density at radius 2 is 2.00 bits per heavy atom. The average Bonchev–Trinajstić information content (AvgIpc) is 2.57. The molecule has 1 aromatic carbocycles. The Labute approximate surface area is 146 Å². The fourth-order valence-electron chi connectivity index (χ4n) is 2.22. The third kappa shape index (κ3) is 4.39. The van der Waals surface area contributed by atoms with Crippen molar-refractivity contribution < 1.29 is 13.5 Å². The molecule has 0 unspecified atom stereocenters. The first-order valence-electron chi connectivity index (χ1n) is 7.25. The summed E-state index contributed by atoms with van der Waals surface area (Å²) >= 11 is 5.95. The van der Waals surface area contributed by atoms with Crippen LogP contribution in [0.15, 0.2) is 59.5 Å². The summed E-state index contributed by atoms with van der Waals surface area (Å²) in [4.78, 5) is 15.8. The SMILES string of the molecule is O=c1ccc(-c2ccc(OC(F)F)nc2)nn1Cc1cccc(Cl)c1. The number of ether oxygens (including phenoxy) is 1. The predicted molar refractivity (Wildman–Crippen MR) is 88.9 cm³/mol. The second-order valence-corrected chi connectivity index (χ2v) is 5.54. The maximum atomic E-state index is 12.2. The van der Waals surface area contributed by atoms with Gasteiger partial charge in [0.1, 0.15) is 0 Å². The van der Waals surface area contributed by atoms with Crippen LogP contribution < -0.4 is 10.3 Å². The van der Waals surface area contributed by atoms with Gasteiger partial charge in [0.25, 0.3) is 5.56 Å². The van der Waals surface area contributed by atoms with Crippen LogP contribution in [0.5, 0.6) is 5.88 Å². The predicted octanol–water partition coefficient (Wildman–Crippen LogP) is 3.61. The summed E-state index contributed by atoms with van der Waals surface area (Å²) < 4.78 is 29.8. The van der Waals surface area contributed by atoms with E-state index in [4.69, 9.17) is 11.6 Å². The molecule has 128 valence electrons. The maximum absolute atomic E-state index is 12.2. The first-order chi connectivity index (χ1) is 12.0. The maximum Gasteiger partial charge on any atom is 0.388 e. The van der Waals surface area contributed by atoms with Crippen LogP contribution in [0.4, 0.5) is 8.78 Å². The molecule has 0 N–H and O–H groups in total. The van der Waals surface area contributed by atoms with Crippen LogP contribution in [0.3, 0.4) is 0 Å². The minimum absolute atomic E-state index is 0.189. The first-order valence-corrected chi connectivity index (χ1v) is 7.63. The van der Waals surface area contributed by atoms with Gasteiger partial charge in [0.05, 0.1) is 12.2 Å².